The van der Waals surface area contributed by atoms with E-state index in [0.29, 0.717) is 16.6 Å². The van der Waals surface area contributed by atoms with E-state index in [0.717, 1.165) is 11.1 Å². The second-order valence-electron chi connectivity index (χ2n) is 4.79. The molecule has 3 aromatic rings. The van der Waals surface area contributed by atoms with Crippen molar-refractivity contribution < 1.29 is 17.6 Å². The smallest absolute Gasteiger partial charge is 0.175 e. The van der Waals surface area contributed by atoms with Crippen molar-refractivity contribution in [2.45, 2.75) is 11.5 Å². The van der Waals surface area contributed by atoms with Gasteiger partial charge in [0.2, 0.25) is 0 Å². The first kappa shape index (κ1) is 14.5. The highest BCUT2D eigenvalue weighted by Gasteiger charge is 2.12. The first-order chi connectivity index (χ1) is 10.4. The number of sulfone groups is 1. The van der Waals surface area contributed by atoms with E-state index in [1.807, 2.05) is 0 Å². The number of benzene rings is 2. The van der Waals surface area contributed by atoms with Gasteiger partial charge in [-0.25, -0.2) is 12.8 Å². The predicted octanol–water partition coefficient (Wildman–Crippen LogP) is 1.60. The molecule has 0 radical (unpaired) electrons. The van der Waals surface area contributed by atoms with Gasteiger partial charge < -0.3 is 4.84 Å². The maximum atomic E-state index is 13.1. The van der Waals surface area contributed by atoms with Gasteiger partial charge in [0.15, 0.2) is 9.84 Å². The van der Waals surface area contributed by atoms with Crippen molar-refractivity contribution in [2.75, 3.05) is 6.26 Å². The molecule has 0 aliphatic carbocycles. The lowest BCUT2D eigenvalue weighted by atomic mass is 10.2. The molecule has 8 heteroatoms. The van der Waals surface area contributed by atoms with Gasteiger partial charge >= 0.3 is 0 Å². The first-order valence-corrected chi connectivity index (χ1v) is 8.26. The molecular weight excluding hydrogens is 309 g/mol. The Morgan fingerprint density at radius 1 is 1.23 bits per heavy atom. The van der Waals surface area contributed by atoms with Gasteiger partial charge in [-0.3, -0.25) is 0 Å². The molecule has 0 atom stereocenters. The Kier molecular flexibility index (Phi) is 3.53. The molecule has 0 amide bonds. The second-order valence-corrected chi connectivity index (χ2v) is 6.80. The van der Waals surface area contributed by atoms with Crippen LogP contribution < -0.4 is 4.84 Å². The largest absolute Gasteiger partial charge is 0.390 e. The Bertz CT molecular complexity index is 937. The molecule has 0 unspecified atom stereocenters. The summed E-state index contributed by atoms with van der Waals surface area (Å²) in [5.41, 5.74) is 1.56. The molecule has 114 valence electrons. The van der Waals surface area contributed by atoms with Crippen LogP contribution >= 0.6 is 0 Å². The highest BCUT2D eigenvalue weighted by atomic mass is 32.2. The molecule has 0 aliphatic heterocycles. The molecule has 1 aromatic heterocycles. The molecule has 2 aromatic carbocycles. The van der Waals surface area contributed by atoms with Crippen molar-refractivity contribution in [3.8, 4) is 0 Å². The van der Waals surface area contributed by atoms with E-state index in [1.54, 1.807) is 18.2 Å². The maximum absolute atomic E-state index is 13.1. The van der Waals surface area contributed by atoms with Gasteiger partial charge in [0.05, 0.1) is 4.90 Å². The van der Waals surface area contributed by atoms with Crippen molar-refractivity contribution >= 4 is 20.9 Å². The fourth-order valence-electron chi connectivity index (χ4n) is 1.97. The van der Waals surface area contributed by atoms with Crippen molar-refractivity contribution in [2.24, 2.45) is 0 Å². The van der Waals surface area contributed by atoms with Gasteiger partial charge in [0.1, 0.15) is 23.5 Å². The van der Waals surface area contributed by atoms with E-state index in [-0.39, 0.29) is 17.3 Å². The standard InChI is InChI=1S/C14H12FN3O3S/c1-22(19,20)12-5-6-13-14(8-12)18(17-16-13)21-9-10-3-2-4-11(15)7-10/h2-8H,9H2,1H3. The topological polar surface area (TPSA) is 74.1 Å². The third-order valence-electron chi connectivity index (χ3n) is 3.06. The number of fused-ring (bicyclic) bond motifs is 1. The predicted molar refractivity (Wildman–Crippen MR) is 77.3 cm³/mol. The van der Waals surface area contributed by atoms with Crippen LogP contribution in [0.3, 0.4) is 0 Å². The zero-order valence-electron chi connectivity index (χ0n) is 11.6. The summed E-state index contributed by atoms with van der Waals surface area (Å²) in [5.74, 6) is -0.357. The molecule has 0 N–H and O–H groups in total. The van der Waals surface area contributed by atoms with Crippen LogP contribution in [0.25, 0.3) is 11.0 Å². The average Bonchev–Trinajstić information content (AvgIpc) is 2.86. The zero-order valence-corrected chi connectivity index (χ0v) is 12.4. The summed E-state index contributed by atoms with van der Waals surface area (Å²) in [6.07, 6.45) is 1.12. The van der Waals surface area contributed by atoms with Gasteiger partial charge in [-0.15, -0.1) is 5.10 Å². The molecule has 1 heterocycles. The summed E-state index contributed by atoms with van der Waals surface area (Å²) >= 11 is 0. The normalized spacial score (nSPS) is 11.7. The molecule has 6 nitrogen and oxygen atoms in total. The average molecular weight is 321 g/mol. The Morgan fingerprint density at radius 2 is 2.05 bits per heavy atom. The van der Waals surface area contributed by atoms with Crippen LogP contribution in [0.2, 0.25) is 0 Å². The van der Waals surface area contributed by atoms with Crippen molar-refractivity contribution in [1.29, 1.82) is 0 Å². The Balaban J connectivity index is 1.91. The van der Waals surface area contributed by atoms with Crippen LogP contribution in [-0.4, -0.2) is 29.8 Å². The van der Waals surface area contributed by atoms with Gasteiger partial charge in [0.25, 0.3) is 0 Å². The Labute approximate surface area is 126 Å². The van der Waals surface area contributed by atoms with E-state index in [4.69, 9.17) is 4.84 Å². The van der Waals surface area contributed by atoms with Crippen LogP contribution in [0.1, 0.15) is 5.56 Å². The third kappa shape index (κ3) is 2.91. The van der Waals surface area contributed by atoms with Crippen LogP contribution in [-0.2, 0) is 16.4 Å². The van der Waals surface area contributed by atoms with Gasteiger partial charge in [0, 0.05) is 6.26 Å². The number of aromatic nitrogens is 3. The SMILES string of the molecule is CS(=O)(=O)c1ccc2nnn(OCc3cccc(F)c3)c2c1. The molecule has 22 heavy (non-hydrogen) atoms. The first-order valence-electron chi connectivity index (χ1n) is 6.37. The summed E-state index contributed by atoms with van der Waals surface area (Å²) in [6, 6.07) is 10.4. The number of rotatable bonds is 4. The summed E-state index contributed by atoms with van der Waals surface area (Å²) in [6.45, 7) is 0.0827. The monoisotopic (exact) mass is 321 g/mol. The molecular formula is C14H12FN3O3S. The minimum absolute atomic E-state index is 0.0827. The van der Waals surface area contributed by atoms with E-state index >= 15 is 0 Å². The van der Waals surface area contributed by atoms with Gasteiger partial charge in [-0.1, -0.05) is 17.0 Å². The van der Waals surface area contributed by atoms with Crippen LogP contribution in [0.5, 0.6) is 0 Å². The fraction of sp³-hybridized carbons (Fsp3) is 0.143. The summed E-state index contributed by atoms with van der Waals surface area (Å²) in [7, 11) is -3.34. The highest BCUT2D eigenvalue weighted by molar-refractivity contribution is 7.90. The summed E-state index contributed by atoms with van der Waals surface area (Å²) in [5, 5.41) is 7.70. The number of nitrogens with zero attached hydrogens (tertiary/aromatic N) is 3. The fourth-order valence-corrected chi connectivity index (χ4v) is 2.61. The minimum atomic E-state index is -3.34. The number of halogens is 1. The van der Waals surface area contributed by atoms with E-state index in [2.05, 4.69) is 10.3 Å². The zero-order chi connectivity index (χ0) is 15.7. The van der Waals surface area contributed by atoms with Crippen molar-refractivity contribution in [3.63, 3.8) is 0 Å². The molecule has 3 rings (SSSR count). The minimum Gasteiger partial charge on any atom is -0.390 e. The van der Waals surface area contributed by atoms with Crippen molar-refractivity contribution in [1.82, 2.24) is 15.2 Å². The van der Waals surface area contributed by atoms with Crippen LogP contribution in [0, 0.1) is 5.82 Å². The van der Waals surface area contributed by atoms with Gasteiger partial charge in [-0.2, -0.15) is 0 Å². The lowest BCUT2D eigenvalue weighted by Crippen LogP contribution is -2.13. The second kappa shape index (κ2) is 5.38. The molecule has 0 spiro atoms. The van der Waals surface area contributed by atoms with E-state index in [1.165, 1.54) is 24.3 Å². The maximum Gasteiger partial charge on any atom is 0.175 e. The molecule has 0 bridgehead atoms. The molecule has 0 fully saturated rings. The van der Waals surface area contributed by atoms with Crippen molar-refractivity contribution in [3.05, 3.63) is 53.8 Å². The number of hydrogen-bond acceptors (Lipinski definition) is 5. The Morgan fingerprint density at radius 3 is 2.77 bits per heavy atom. The highest BCUT2D eigenvalue weighted by Crippen LogP contribution is 2.17. The third-order valence-corrected chi connectivity index (χ3v) is 4.17. The quantitative estimate of drug-likeness (QED) is 0.730. The lowest BCUT2D eigenvalue weighted by Gasteiger charge is -2.06. The summed E-state index contributed by atoms with van der Waals surface area (Å²) in [4.78, 5) is 6.73. The van der Waals surface area contributed by atoms with E-state index < -0.39 is 9.84 Å². The lowest BCUT2D eigenvalue weighted by molar-refractivity contribution is 0.0749. The van der Waals surface area contributed by atoms with Gasteiger partial charge in [-0.05, 0) is 41.1 Å². The molecule has 0 aliphatic rings. The molecule has 0 saturated carbocycles. The molecule has 0 saturated heterocycles. The number of hydrogen-bond donors (Lipinski definition) is 0. The Hall–Kier alpha value is -2.48. The van der Waals surface area contributed by atoms with Crippen LogP contribution in [0.15, 0.2) is 47.4 Å². The van der Waals surface area contributed by atoms with E-state index in [9.17, 15) is 12.8 Å². The van der Waals surface area contributed by atoms with Crippen LogP contribution in [0.4, 0.5) is 4.39 Å². The summed E-state index contributed by atoms with van der Waals surface area (Å²) < 4.78 is 36.3.